The SMILES string of the molecule is [2H]c1c([2H])c([2H])c(-c2ccc3ccc4c(-c5ccc(-c6c7cc(CC)ccc7c(-c7ccc(CC)c8ccccc78)c7cc(CC)ccc67)cc5)ccc5ccc2c3c54)c([2H])c1[2H]. The molecule has 0 fully saturated rings. The average molecular weight is 746 g/mol. The van der Waals surface area contributed by atoms with Crippen LogP contribution >= 0.6 is 0 Å². The van der Waals surface area contributed by atoms with Gasteiger partial charge in [-0.2, -0.15) is 0 Å². The molecule has 11 aromatic rings. The van der Waals surface area contributed by atoms with E-state index in [2.05, 4.69) is 148 Å². The molecule has 58 heavy (non-hydrogen) atoms. The normalized spacial score (nSPS) is 13.1. The van der Waals surface area contributed by atoms with E-state index in [1.807, 2.05) is 18.2 Å². The van der Waals surface area contributed by atoms with Crippen molar-refractivity contribution in [1.82, 2.24) is 0 Å². The van der Waals surface area contributed by atoms with Crippen molar-refractivity contribution in [2.24, 2.45) is 0 Å². The third-order valence-electron chi connectivity index (χ3n) is 12.6. The first-order valence-corrected chi connectivity index (χ1v) is 20.6. The molecule has 0 atom stereocenters. The summed E-state index contributed by atoms with van der Waals surface area (Å²) in [4.78, 5) is 0. The molecule has 11 rings (SSSR count). The molecule has 0 spiro atoms. The van der Waals surface area contributed by atoms with E-state index in [9.17, 15) is 0 Å². The number of benzene rings is 11. The molecule has 11 aromatic carbocycles. The van der Waals surface area contributed by atoms with E-state index < -0.39 is 0 Å². The van der Waals surface area contributed by atoms with Crippen molar-refractivity contribution in [3.8, 4) is 44.5 Å². The Balaban J connectivity index is 1.11. The summed E-state index contributed by atoms with van der Waals surface area (Å²) in [5, 5.41) is 13.9. The maximum absolute atomic E-state index is 8.78. The zero-order valence-corrected chi connectivity index (χ0v) is 33.0. The maximum atomic E-state index is 8.78. The summed E-state index contributed by atoms with van der Waals surface area (Å²) in [5.41, 5.74) is 12.1. The van der Waals surface area contributed by atoms with E-state index in [-0.39, 0.29) is 35.8 Å². The third-order valence-corrected chi connectivity index (χ3v) is 12.6. The van der Waals surface area contributed by atoms with E-state index in [4.69, 9.17) is 6.85 Å². The van der Waals surface area contributed by atoms with Gasteiger partial charge in [-0.1, -0.05) is 197 Å². The van der Waals surface area contributed by atoms with Crippen LogP contribution in [0.1, 0.15) is 44.3 Å². The summed E-state index contributed by atoms with van der Waals surface area (Å²) in [7, 11) is 0. The summed E-state index contributed by atoms with van der Waals surface area (Å²) in [6.45, 7) is 6.70. The van der Waals surface area contributed by atoms with Crippen molar-refractivity contribution in [3.63, 3.8) is 0 Å². The van der Waals surface area contributed by atoms with Crippen LogP contribution in [0, 0.1) is 0 Å². The second kappa shape index (κ2) is 13.7. The fraction of sp³-hybridized carbons (Fsp3) is 0.103. The molecule has 0 radical (unpaired) electrons. The zero-order chi connectivity index (χ0) is 43.3. The molecule has 0 heterocycles. The van der Waals surface area contributed by atoms with E-state index in [0.717, 1.165) is 62.7 Å². The van der Waals surface area contributed by atoms with E-state index in [1.165, 1.54) is 71.3 Å². The van der Waals surface area contributed by atoms with E-state index >= 15 is 0 Å². The first kappa shape index (κ1) is 29.5. The summed E-state index contributed by atoms with van der Waals surface area (Å²) >= 11 is 0. The molecule has 0 saturated carbocycles. The van der Waals surface area contributed by atoms with Gasteiger partial charge in [-0.25, -0.2) is 0 Å². The number of fused-ring (bicyclic) bond motifs is 3. The van der Waals surface area contributed by atoms with E-state index in [1.54, 1.807) is 0 Å². The van der Waals surface area contributed by atoms with E-state index in [0.29, 0.717) is 5.56 Å². The minimum atomic E-state index is -0.386. The fourth-order valence-electron chi connectivity index (χ4n) is 9.72. The Kier molecular flexibility index (Phi) is 6.97. The molecule has 276 valence electrons. The first-order chi connectivity index (χ1) is 30.7. The second-order valence-electron chi connectivity index (χ2n) is 15.6. The highest BCUT2D eigenvalue weighted by Crippen LogP contribution is 2.47. The lowest BCUT2D eigenvalue weighted by Crippen LogP contribution is -1.95. The van der Waals surface area contributed by atoms with Crippen molar-refractivity contribution in [2.75, 3.05) is 0 Å². The molecular weight excluding hydrogens is 697 g/mol. The number of hydrogen-bond acceptors (Lipinski definition) is 0. The minimum Gasteiger partial charge on any atom is -0.0622 e. The van der Waals surface area contributed by atoms with Gasteiger partial charge in [0, 0.05) is 0 Å². The first-order valence-electron chi connectivity index (χ1n) is 23.1. The molecule has 0 bridgehead atoms. The molecule has 0 heteroatoms. The average Bonchev–Trinajstić information content (AvgIpc) is 3.33. The Morgan fingerprint density at radius 2 is 0.879 bits per heavy atom. The van der Waals surface area contributed by atoms with Crippen molar-refractivity contribution >= 4 is 64.6 Å². The monoisotopic (exact) mass is 745 g/mol. The Morgan fingerprint density at radius 1 is 0.362 bits per heavy atom. The van der Waals surface area contributed by atoms with Crippen LogP contribution in [0.4, 0.5) is 0 Å². The van der Waals surface area contributed by atoms with Crippen LogP contribution in [-0.4, -0.2) is 0 Å². The quantitative estimate of drug-likeness (QED) is 0.113. The molecule has 0 nitrogen and oxygen atoms in total. The van der Waals surface area contributed by atoms with Crippen LogP contribution in [0.2, 0.25) is 0 Å². The van der Waals surface area contributed by atoms with Crippen LogP contribution < -0.4 is 0 Å². The highest BCUT2D eigenvalue weighted by atomic mass is 14.2. The van der Waals surface area contributed by atoms with Gasteiger partial charge in [-0.05, 0) is 145 Å². The molecule has 0 unspecified atom stereocenters. The molecule has 0 amide bonds. The predicted octanol–water partition coefficient (Wildman–Crippen LogP) is 16.4. The largest absolute Gasteiger partial charge is 0.0629 e. The summed E-state index contributed by atoms with van der Waals surface area (Å²) in [6, 6.07) is 52.1. The third kappa shape index (κ3) is 5.29. The van der Waals surface area contributed by atoms with Gasteiger partial charge in [0.25, 0.3) is 0 Å². The lowest BCUT2D eigenvalue weighted by atomic mass is 9.82. The summed E-state index contributed by atoms with van der Waals surface area (Å²) in [6.07, 6.45) is 2.89. The minimum absolute atomic E-state index is 0.192. The topological polar surface area (TPSA) is 0 Å². The van der Waals surface area contributed by atoms with Gasteiger partial charge >= 0.3 is 0 Å². The molecule has 0 saturated heterocycles. The Bertz CT molecular complexity index is 3650. The van der Waals surface area contributed by atoms with Gasteiger partial charge in [0.2, 0.25) is 0 Å². The van der Waals surface area contributed by atoms with Gasteiger partial charge in [0.1, 0.15) is 0 Å². The second-order valence-corrected chi connectivity index (χ2v) is 15.6. The highest BCUT2D eigenvalue weighted by molar-refractivity contribution is 6.28. The van der Waals surface area contributed by atoms with Crippen molar-refractivity contribution < 1.29 is 6.85 Å². The Hall–Kier alpha value is -6.76. The molecule has 0 aromatic heterocycles. The molecular formula is C58H44. The zero-order valence-electron chi connectivity index (χ0n) is 38.0. The summed E-state index contributed by atoms with van der Waals surface area (Å²) in [5.74, 6) is 0. The van der Waals surface area contributed by atoms with Crippen LogP contribution in [0.15, 0.2) is 176 Å². The van der Waals surface area contributed by atoms with Gasteiger partial charge in [0.05, 0.1) is 6.85 Å². The molecule has 0 aliphatic carbocycles. The fourth-order valence-corrected chi connectivity index (χ4v) is 9.72. The van der Waals surface area contributed by atoms with Crippen LogP contribution in [0.5, 0.6) is 0 Å². The molecule has 0 aliphatic heterocycles. The number of hydrogen-bond donors (Lipinski definition) is 0. The molecule has 0 N–H and O–H groups in total. The predicted molar refractivity (Wildman–Crippen MR) is 253 cm³/mol. The van der Waals surface area contributed by atoms with Gasteiger partial charge < -0.3 is 0 Å². The van der Waals surface area contributed by atoms with Gasteiger partial charge in [-0.15, -0.1) is 0 Å². The Labute approximate surface area is 347 Å². The van der Waals surface area contributed by atoms with Crippen LogP contribution in [0.25, 0.3) is 109 Å². The standard InChI is InChI=1S/C58H44/c1-4-36-17-28-52-53(34-36)55(51-27-16-37(5-2)35-54(51)58(52)50-31-22-38(6-3)44-14-10-11-15-47(44)50)41-20-18-40(19-21-41)46-30-24-43-25-32-48-45(39-12-8-7-9-13-39)29-23-42-26-33-49(46)57(43)56(42)48/h7-35H,4-6H2,1-3H3/i7D,8D,9D,12D,13D. The summed E-state index contributed by atoms with van der Waals surface area (Å²) < 4.78 is 42.5. The lowest BCUT2D eigenvalue weighted by Gasteiger charge is -2.21. The smallest absolute Gasteiger partial charge is 0.0622 e. The van der Waals surface area contributed by atoms with Crippen molar-refractivity contribution in [2.45, 2.75) is 40.0 Å². The maximum Gasteiger partial charge on any atom is 0.0629 e. The molecule has 0 aliphatic rings. The van der Waals surface area contributed by atoms with Gasteiger partial charge in [-0.3, -0.25) is 0 Å². The van der Waals surface area contributed by atoms with Crippen LogP contribution in [-0.2, 0) is 19.3 Å². The van der Waals surface area contributed by atoms with Crippen molar-refractivity contribution in [3.05, 3.63) is 192 Å². The van der Waals surface area contributed by atoms with Crippen LogP contribution in [0.3, 0.4) is 0 Å². The van der Waals surface area contributed by atoms with Crippen molar-refractivity contribution in [1.29, 1.82) is 0 Å². The number of rotatable bonds is 7. The Morgan fingerprint density at radius 3 is 1.50 bits per heavy atom. The van der Waals surface area contributed by atoms with Gasteiger partial charge in [0.15, 0.2) is 0 Å². The highest BCUT2D eigenvalue weighted by Gasteiger charge is 2.21. The number of aryl methyl sites for hydroxylation is 3. The lowest BCUT2D eigenvalue weighted by molar-refractivity contribution is 1.14.